The third-order valence-electron chi connectivity index (χ3n) is 4.04. The molecule has 0 spiro atoms. The molecule has 120 valence electrons. The maximum absolute atomic E-state index is 12.3. The molecule has 1 fully saturated rings. The normalized spacial score (nSPS) is 15.4. The number of hydrogen-bond acceptors (Lipinski definition) is 3. The van der Waals surface area contributed by atoms with Crippen LogP contribution in [0.2, 0.25) is 0 Å². The first-order chi connectivity index (χ1) is 11.2. The summed E-state index contributed by atoms with van der Waals surface area (Å²) in [6, 6.07) is 13.8. The predicted molar refractivity (Wildman–Crippen MR) is 91.3 cm³/mol. The Bertz CT molecular complexity index is 651. The Morgan fingerprint density at radius 1 is 1.13 bits per heavy atom. The van der Waals surface area contributed by atoms with Gasteiger partial charge in [-0.1, -0.05) is 18.2 Å². The van der Waals surface area contributed by atoms with Gasteiger partial charge in [-0.05, 0) is 36.8 Å². The Hall–Kier alpha value is -2.40. The zero-order valence-corrected chi connectivity index (χ0v) is 13.4. The van der Waals surface area contributed by atoms with E-state index in [-0.39, 0.29) is 6.03 Å². The topological polar surface area (TPSA) is 48.5 Å². The van der Waals surface area contributed by atoms with Crippen molar-refractivity contribution in [2.45, 2.75) is 13.5 Å². The minimum Gasteiger partial charge on any atom is -0.322 e. The summed E-state index contributed by atoms with van der Waals surface area (Å²) in [5.41, 5.74) is 3.07. The number of nitrogens with one attached hydrogen (secondary N) is 1. The Kier molecular flexibility index (Phi) is 4.88. The van der Waals surface area contributed by atoms with Gasteiger partial charge in [0.2, 0.25) is 0 Å². The maximum Gasteiger partial charge on any atom is 0.321 e. The number of pyridine rings is 1. The van der Waals surface area contributed by atoms with Gasteiger partial charge in [0, 0.05) is 44.6 Å². The second kappa shape index (κ2) is 7.24. The van der Waals surface area contributed by atoms with Crippen molar-refractivity contribution in [2.75, 3.05) is 31.5 Å². The number of aryl methyl sites for hydroxylation is 1. The van der Waals surface area contributed by atoms with Crippen LogP contribution in [0.3, 0.4) is 0 Å². The van der Waals surface area contributed by atoms with Crippen molar-refractivity contribution < 1.29 is 4.79 Å². The summed E-state index contributed by atoms with van der Waals surface area (Å²) in [4.78, 5) is 20.9. The van der Waals surface area contributed by atoms with Crippen LogP contribution in [0.4, 0.5) is 10.5 Å². The fraction of sp³-hybridized carbons (Fsp3) is 0.333. The molecule has 1 aliphatic heterocycles. The summed E-state index contributed by atoms with van der Waals surface area (Å²) in [5.74, 6) is 0. The predicted octanol–water partition coefficient (Wildman–Crippen LogP) is 2.74. The molecule has 1 aromatic carbocycles. The molecule has 2 aromatic rings. The van der Waals surface area contributed by atoms with Crippen LogP contribution in [0.5, 0.6) is 0 Å². The van der Waals surface area contributed by atoms with Gasteiger partial charge in [-0.15, -0.1) is 0 Å². The second-order valence-corrected chi connectivity index (χ2v) is 5.88. The van der Waals surface area contributed by atoms with Crippen LogP contribution in [0.15, 0.2) is 48.7 Å². The SMILES string of the molecule is Cc1cccc(NC(=O)N2CCN(Cc3ccccn3)CC2)c1. The summed E-state index contributed by atoms with van der Waals surface area (Å²) in [6.45, 7) is 6.09. The summed E-state index contributed by atoms with van der Waals surface area (Å²) >= 11 is 0. The Labute approximate surface area is 136 Å². The van der Waals surface area contributed by atoms with Gasteiger partial charge in [0.15, 0.2) is 0 Å². The number of carbonyl (C=O) groups excluding carboxylic acids is 1. The van der Waals surface area contributed by atoms with Crippen molar-refractivity contribution in [3.63, 3.8) is 0 Å². The third kappa shape index (κ3) is 4.29. The molecular weight excluding hydrogens is 288 g/mol. The highest BCUT2D eigenvalue weighted by Gasteiger charge is 2.21. The number of amides is 2. The highest BCUT2D eigenvalue weighted by molar-refractivity contribution is 5.89. The first-order valence-electron chi connectivity index (χ1n) is 7.95. The first kappa shape index (κ1) is 15.5. The molecule has 0 aliphatic carbocycles. The number of nitrogens with zero attached hydrogens (tertiary/aromatic N) is 3. The third-order valence-corrected chi connectivity index (χ3v) is 4.04. The molecule has 1 saturated heterocycles. The number of rotatable bonds is 3. The molecule has 23 heavy (non-hydrogen) atoms. The molecule has 0 bridgehead atoms. The fourth-order valence-electron chi connectivity index (χ4n) is 2.76. The largest absolute Gasteiger partial charge is 0.322 e. The van der Waals surface area contributed by atoms with Gasteiger partial charge in [0.25, 0.3) is 0 Å². The number of hydrogen-bond donors (Lipinski definition) is 1. The van der Waals surface area contributed by atoms with Crippen LogP contribution in [-0.2, 0) is 6.54 Å². The van der Waals surface area contributed by atoms with Crippen molar-refractivity contribution >= 4 is 11.7 Å². The minimum atomic E-state index is -0.0203. The average Bonchev–Trinajstić information content (AvgIpc) is 2.56. The minimum absolute atomic E-state index is 0.0203. The van der Waals surface area contributed by atoms with E-state index < -0.39 is 0 Å². The van der Waals surface area contributed by atoms with Gasteiger partial charge >= 0.3 is 6.03 Å². The molecule has 0 saturated carbocycles. The van der Waals surface area contributed by atoms with Crippen LogP contribution < -0.4 is 5.32 Å². The number of piperazine rings is 1. The lowest BCUT2D eigenvalue weighted by Gasteiger charge is -2.34. The summed E-state index contributed by atoms with van der Waals surface area (Å²) < 4.78 is 0. The average molecular weight is 310 g/mol. The number of anilines is 1. The Morgan fingerprint density at radius 2 is 1.96 bits per heavy atom. The molecule has 1 N–H and O–H groups in total. The van der Waals surface area contributed by atoms with Crippen molar-refractivity contribution in [3.05, 3.63) is 59.9 Å². The van der Waals surface area contributed by atoms with E-state index in [1.807, 2.05) is 60.5 Å². The van der Waals surface area contributed by atoms with E-state index >= 15 is 0 Å². The van der Waals surface area contributed by atoms with E-state index in [0.717, 1.165) is 49.7 Å². The number of urea groups is 1. The van der Waals surface area contributed by atoms with Crippen LogP contribution in [-0.4, -0.2) is 47.0 Å². The molecule has 0 atom stereocenters. The highest BCUT2D eigenvalue weighted by atomic mass is 16.2. The zero-order valence-electron chi connectivity index (χ0n) is 13.4. The molecule has 2 amide bonds. The lowest BCUT2D eigenvalue weighted by atomic mass is 10.2. The van der Waals surface area contributed by atoms with Gasteiger partial charge in [-0.2, -0.15) is 0 Å². The molecule has 5 heteroatoms. The summed E-state index contributed by atoms with van der Waals surface area (Å²) in [5, 5.41) is 2.97. The van der Waals surface area contributed by atoms with Crippen molar-refractivity contribution in [2.24, 2.45) is 0 Å². The Balaban J connectivity index is 1.49. The molecule has 1 aromatic heterocycles. The quantitative estimate of drug-likeness (QED) is 0.948. The lowest BCUT2D eigenvalue weighted by molar-refractivity contribution is 0.142. The van der Waals surface area contributed by atoms with Crippen LogP contribution >= 0.6 is 0 Å². The first-order valence-corrected chi connectivity index (χ1v) is 7.95. The molecular formula is C18H22N4O. The van der Waals surface area contributed by atoms with Gasteiger partial charge in [-0.25, -0.2) is 4.79 Å². The fourth-order valence-corrected chi connectivity index (χ4v) is 2.76. The standard InChI is InChI=1S/C18H22N4O/c1-15-5-4-7-16(13-15)20-18(23)22-11-9-21(10-12-22)14-17-6-2-3-8-19-17/h2-8,13H,9-12,14H2,1H3,(H,20,23). The van der Waals surface area contributed by atoms with E-state index in [9.17, 15) is 4.79 Å². The van der Waals surface area contributed by atoms with Crippen molar-refractivity contribution in [1.82, 2.24) is 14.8 Å². The van der Waals surface area contributed by atoms with Crippen LogP contribution in [0.1, 0.15) is 11.3 Å². The molecule has 2 heterocycles. The van der Waals surface area contributed by atoms with Crippen molar-refractivity contribution in [1.29, 1.82) is 0 Å². The van der Waals surface area contributed by atoms with Crippen LogP contribution in [0.25, 0.3) is 0 Å². The van der Waals surface area contributed by atoms with E-state index in [4.69, 9.17) is 0 Å². The van der Waals surface area contributed by atoms with E-state index in [0.29, 0.717) is 0 Å². The highest BCUT2D eigenvalue weighted by Crippen LogP contribution is 2.12. The Morgan fingerprint density at radius 3 is 2.65 bits per heavy atom. The summed E-state index contributed by atoms with van der Waals surface area (Å²) in [6.07, 6.45) is 1.82. The van der Waals surface area contributed by atoms with Gasteiger partial charge in [0.05, 0.1) is 5.69 Å². The maximum atomic E-state index is 12.3. The van der Waals surface area contributed by atoms with Gasteiger partial charge in [0.1, 0.15) is 0 Å². The van der Waals surface area contributed by atoms with E-state index in [1.165, 1.54) is 0 Å². The smallest absolute Gasteiger partial charge is 0.321 e. The van der Waals surface area contributed by atoms with Crippen molar-refractivity contribution in [3.8, 4) is 0 Å². The summed E-state index contributed by atoms with van der Waals surface area (Å²) in [7, 11) is 0. The lowest BCUT2D eigenvalue weighted by Crippen LogP contribution is -2.49. The second-order valence-electron chi connectivity index (χ2n) is 5.88. The van der Waals surface area contributed by atoms with Gasteiger partial charge < -0.3 is 10.2 Å². The molecule has 1 aliphatic rings. The zero-order chi connectivity index (χ0) is 16.1. The monoisotopic (exact) mass is 310 g/mol. The number of carbonyl (C=O) groups is 1. The van der Waals surface area contributed by atoms with Gasteiger partial charge in [-0.3, -0.25) is 9.88 Å². The number of benzene rings is 1. The van der Waals surface area contributed by atoms with Crippen LogP contribution in [0, 0.1) is 6.92 Å². The molecule has 5 nitrogen and oxygen atoms in total. The molecule has 0 unspecified atom stereocenters. The van der Waals surface area contributed by atoms with E-state index in [2.05, 4.69) is 15.2 Å². The molecule has 3 rings (SSSR count). The number of aromatic nitrogens is 1. The molecule has 0 radical (unpaired) electrons. The van der Waals surface area contributed by atoms with E-state index in [1.54, 1.807) is 0 Å².